The van der Waals surface area contributed by atoms with E-state index in [4.69, 9.17) is 28.4 Å². The van der Waals surface area contributed by atoms with Crippen molar-refractivity contribution in [2.24, 2.45) is 0 Å². The second kappa shape index (κ2) is 30.0. The first-order valence-corrected chi connectivity index (χ1v) is 23.6. The highest BCUT2D eigenvalue weighted by atomic mass is 16.5. The fourth-order valence-corrected chi connectivity index (χ4v) is 7.76. The monoisotopic (exact) mass is 987 g/mol. The number of rotatable bonds is 32. The van der Waals surface area contributed by atoms with Gasteiger partial charge in [0.15, 0.2) is 0 Å². The third-order valence-electron chi connectivity index (χ3n) is 11.7. The van der Waals surface area contributed by atoms with Gasteiger partial charge in [-0.25, -0.2) is 4.68 Å². The Hall–Kier alpha value is -6.90. The number of methoxy groups -OCH3 is 5. The molecule has 4 N–H and O–H groups in total. The molecule has 4 aromatic rings. The van der Waals surface area contributed by atoms with Crippen molar-refractivity contribution >= 4 is 35.6 Å². The first-order chi connectivity index (χ1) is 34.3. The van der Waals surface area contributed by atoms with E-state index < -0.39 is 41.7 Å². The number of hydrogen-bond acceptors (Lipinski definition) is 16. The number of amides is 3. The molecule has 20 heteroatoms. The van der Waals surface area contributed by atoms with Crippen LogP contribution >= 0.6 is 0 Å². The number of aromatic nitrogens is 3. The Morgan fingerprint density at radius 1 is 0.676 bits per heavy atom. The van der Waals surface area contributed by atoms with Gasteiger partial charge in [0.25, 0.3) is 0 Å². The molecule has 0 aliphatic rings. The van der Waals surface area contributed by atoms with E-state index in [2.05, 4.69) is 26.3 Å². The summed E-state index contributed by atoms with van der Waals surface area (Å²) >= 11 is 0. The van der Waals surface area contributed by atoms with Gasteiger partial charge in [0.1, 0.15) is 29.7 Å². The average Bonchev–Trinajstić information content (AvgIpc) is 3.84. The third-order valence-corrected chi connectivity index (χ3v) is 11.7. The van der Waals surface area contributed by atoms with E-state index in [1.165, 1.54) is 30.9 Å². The van der Waals surface area contributed by atoms with Gasteiger partial charge in [-0.3, -0.25) is 33.7 Å². The summed E-state index contributed by atoms with van der Waals surface area (Å²) in [6, 6.07) is 23.4. The molecule has 386 valence electrons. The molecule has 1 aromatic heterocycles. The highest BCUT2D eigenvalue weighted by Crippen LogP contribution is 2.42. The van der Waals surface area contributed by atoms with Crippen molar-refractivity contribution < 1.29 is 62.3 Å². The fraction of sp³-hybridized carbons (Fsp3) is 0.490. The van der Waals surface area contributed by atoms with Crippen LogP contribution in [0.1, 0.15) is 80.7 Å². The van der Waals surface area contributed by atoms with E-state index in [1.807, 2.05) is 78.9 Å². The van der Waals surface area contributed by atoms with Crippen LogP contribution in [0.3, 0.4) is 0 Å². The van der Waals surface area contributed by atoms with Crippen molar-refractivity contribution in [3.8, 4) is 11.5 Å². The largest absolute Gasteiger partial charge is 0.497 e. The minimum Gasteiger partial charge on any atom is -0.497 e. The van der Waals surface area contributed by atoms with Crippen LogP contribution in [0.2, 0.25) is 0 Å². The number of esters is 3. The van der Waals surface area contributed by atoms with Crippen LogP contribution in [-0.4, -0.2) is 147 Å². The highest BCUT2D eigenvalue weighted by Gasteiger charge is 2.39. The van der Waals surface area contributed by atoms with Gasteiger partial charge in [-0.05, 0) is 80.0 Å². The van der Waals surface area contributed by atoms with Gasteiger partial charge in [0.05, 0.1) is 73.1 Å². The Kier molecular flexibility index (Phi) is 23.9. The maximum atomic E-state index is 13.2. The Balaban J connectivity index is 1.17. The smallest absolute Gasteiger partial charge is 0.323 e. The first-order valence-electron chi connectivity index (χ1n) is 23.6. The zero-order valence-corrected chi connectivity index (χ0v) is 41.6. The van der Waals surface area contributed by atoms with Crippen LogP contribution < -0.4 is 25.4 Å². The molecule has 0 saturated heterocycles. The molecular weight excluding hydrogens is 919 g/mol. The summed E-state index contributed by atoms with van der Waals surface area (Å²) in [5, 5.41) is 27.6. The standard InChI is InChI=1S/C51H69N7O13/c1-36(59)43(35-71-51(37-15-9-7-10-16-37,38-19-24-41(66-2)25-20-38)39-21-26-42(67-3)27-22-39)54-46(61)18-11-8-13-29-52-45(60)28-23-40-31-58(56-55-40)32-47(62)53-30-14-12-17-44(50(65)70-6)57(33-48(63)68-4)34-49(64)69-5/h7,9-10,15-16,19-22,24-27,31,36,43-44,59H,8,11-14,17-18,23,28-30,32-35H2,1-6H3,(H,52,60)(H,53,62)(H,54,61)/t36-,43-,44+/m1/s1. The number of nitrogens with zero attached hydrogens (tertiary/aromatic N) is 4. The molecule has 1 heterocycles. The van der Waals surface area contributed by atoms with Crippen molar-refractivity contribution in [2.45, 2.75) is 95.0 Å². The molecule has 3 aromatic carbocycles. The number of aryl methyl sites for hydroxylation is 1. The van der Waals surface area contributed by atoms with E-state index in [9.17, 15) is 33.9 Å². The van der Waals surface area contributed by atoms with Crippen molar-refractivity contribution in [1.82, 2.24) is 35.8 Å². The lowest BCUT2D eigenvalue weighted by Crippen LogP contribution is -2.47. The second-order valence-corrected chi connectivity index (χ2v) is 16.7. The molecule has 0 aliphatic carbocycles. The molecule has 0 aliphatic heterocycles. The lowest BCUT2D eigenvalue weighted by atomic mass is 9.80. The number of aliphatic hydroxyl groups excluding tert-OH is 1. The summed E-state index contributed by atoms with van der Waals surface area (Å²) in [4.78, 5) is 76.2. The number of hydrogen-bond donors (Lipinski definition) is 4. The Morgan fingerprint density at radius 3 is 1.79 bits per heavy atom. The van der Waals surface area contributed by atoms with E-state index in [1.54, 1.807) is 27.3 Å². The minimum absolute atomic E-state index is 0.0115. The predicted molar refractivity (Wildman–Crippen MR) is 260 cm³/mol. The lowest BCUT2D eigenvalue weighted by Gasteiger charge is -2.37. The molecule has 0 bridgehead atoms. The quantitative estimate of drug-likeness (QED) is 0.0237. The molecule has 4 rings (SSSR count). The number of unbranched alkanes of at least 4 members (excludes halogenated alkanes) is 3. The summed E-state index contributed by atoms with van der Waals surface area (Å²) in [5.74, 6) is -1.22. The van der Waals surface area contributed by atoms with Gasteiger partial charge in [0, 0.05) is 38.5 Å². The van der Waals surface area contributed by atoms with E-state index >= 15 is 0 Å². The van der Waals surface area contributed by atoms with E-state index in [0.717, 1.165) is 16.7 Å². The number of ether oxygens (including phenoxy) is 6. The molecule has 20 nitrogen and oxygen atoms in total. The molecule has 0 spiro atoms. The van der Waals surface area contributed by atoms with Gasteiger partial charge in [-0.15, -0.1) is 5.10 Å². The van der Waals surface area contributed by atoms with Crippen molar-refractivity contribution in [3.05, 3.63) is 107 Å². The fourth-order valence-electron chi connectivity index (χ4n) is 7.76. The Labute approximate surface area is 415 Å². The Bertz CT molecular complexity index is 2210. The van der Waals surface area contributed by atoms with E-state index in [-0.39, 0.29) is 63.2 Å². The topological polar surface area (TPSA) is 248 Å². The van der Waals surface area contributed by atoms with Gasteiger partial charge < -0.3 is 49.5 Å². The van der Waals surface area contributed by atoms with Gasteiger partial charge in [0.2, 0.25) is 17.7 Å². The van der Waals surface area contributed by atoms with Crippen molar-refractivity contribution in [1.29, 1.82) is 0 Å². The number of carbonyl (C=O) groups is 6. The summed E-state index contributed by atoms with van der Waals surface area (Å²) in [6.45, 7) is 1.60. The molecule has 0 saturated carbocycles. The van der Waals surface area contributed by atoms with Crippen molar-refractivity contribution in [3.63, 3.8) is 0 Å². The maximum Gasteiger partial charge on any atom is 0.323 e. The lowest BCUT2D eigenvalue weighted by molar-refractivity contribution is -0.153. The SMILES string of the molecule is COC(=O)CN(CC(=O)OC)[C@@H](CCCCNC(=O)Cn1cc(CCC(=O)NCCCCCC(=O)N[C@H](COC(c2ccccc2)(c2ccc(OC)cc2)c2ccc(OC)cc2)[C@@H](C)O)nn1)C(=O)OC. The zero-order chi connectivity index (χ0) is 51.6. The van der Waals surface area contributed by atoms with Crippen LogP contribution in [0, 0.1) is 0 Å². The van der Waals surface area contributed by atoms with Crippen LogP contribution in [-0.2, 0) is 66.3 Å². The number of benzene rings is 3. The molecule has 3 atom stereocenters. The van der Waals surface area contributed by atoms with E-state index in [0.29, 0.717) is 68.8 Å². The molecule has 0 unspecified atom stereocenters. The molecule has 0 radical (unpaired) electrons. The third kappa shape index (κ3) is 18.1. The normalized spacial score (nSPS) is 12.5. The minimum atomic E-state index is -1.12. The van der Waals surface area contributed by atoms with Gasteiger partial charge >= 0.3 is 17.9 Å². The summed E-state index contributed by atoms with van der Waals surface area (Å²) < 4.78 is 33.5. The zero-order valence-electron chi connectivity index (χ0n) is 41.6. The second-order valence-electron chi connectivity index (χ2n) is 16.7. The first kappa shape index (κ1) is 56.7. The molecule has 3 amide bonds. The van der Waals surface area contributed by atoms with Crippen molar-refractivity contribution in [2.75, 3.05) is 68.3 Å². The average molecular weight is 988 g/mol. The molecule has 0 fully saturated rings. The van der Waals surface area contributed by atoms with Crippen LogP contribution in [0.25, 0.3) is 0 Å². The molecular formula is C51H69N7O13. The summed E-state index contributed by atoms with van der Waals surface area (Å²) in [6.07, 6.45) is 4.51. The van der Waals surface area contributed by atoms with Gasteiger partial charge in [-0.2, -0.15) is 0 Å². The number of nitrogens with one attached hydrogen (secondary N) is 3. The van der Waals surface area contributed by atoms with Crippen LogP contribution in [0.5, 0.6) is 11.5 Å². The summed E-state index contributed by atoms with van der Waals surface area (Å²) in [7, 11) is 6.83. The van der Waals surface area contributed by atoms with Crippen LogP contribution in [0.15, 0.2) is 85.1 Å². The Morgan fingerprint density at radius 2 is 1.24 bits per heavy atom. The number of aliphatic hydroxyl groups is 1. The highest BCUT2D eigenvalue weighted by molar-refractivity contribution is 5.80. The van der Waals surface area contributed by atoms with Gasteiger partial charge in [-0.1, -0.05) is 66.2 Å². The predicted octanol–water partition coefficient (Wildman–Crippen LogP) is 3.25. The molecule has 71 heavy (non-hydrogen) atoms. The van der Waals surface area contributed by atoms with Crippen LogP contribution in [0.4, 0.5) is 0 Å². The maximum absolute atomic E-state index is 13.2. The summed E-state index contributed by atoms with van der Waals surface area (Å²) in [5.41, 5.74) is 1.92. The number of carbonyl (C=O) groups excluding carboxylic acids is 6.